The Morgan fingerprint density at radius 3 is 1.17 bits per heavy atom. The molecule has 14 aromatic heterocycles. The molecule has 0 saturated carbocycles. The van der Waals surface area contributed by atoms with Gasteiger partial charge in [-0.25, -0.2) is 67.0 Å². The SMILES string of the molecule is CC1(F)CCN(C(=O)c2cnc3c(ccn3-c3ccc(C(=O)Cc4ccno4)nc3)c2)CC1.CC1(F)CCN(C(=O)c2cnc3c(ccn3-c3cncc(C(=O)Nc4ccno4)c3)c2)CC1.[C-]#[N+]c1ccc(-n2ccc3cc(C(=O)N4CCC(C)(F)CC4)cnc32)cc1O.[C-]#[N+]c1ccc(-n2cnc3cc(C(=O)N4CC(C)C4)cnc32)cc1.[C-]#[N+]c1ccc(-n2cnc3cc(C(=O)N4CCC(C)(F)CC4)cnc32)cc1. The third-order valence-corrected chi connectivity index (χ3v) is 26.3. The van der Waals surface area contributed by atoms with Gasteiger partial charge in [-0.15, -0.1) is 0 Å². The van der Waals surface area contributed by atoms with Gasteiger partial charge in [-0.05, 0) is 188 Å². The van der Waals surface area contributed by atoms with E-state index in [9.17, 15) is 56.2 Å². The Labute approximate surface area is 826 Å². The van der Waals surface area contributed by atoms with Crippen LogP contribution in [-0.2, 0) is 6.42 Å². The second kappa shape index (κ2) is 41.2. The van der Waals surface area contributed by atoms with E-state index in [1.165, 1.54) is 43.1 Å². The number of imidazole rings is 2. The zero-order valence-electron chi connectivity index (χ0n) is 79.4. The number of alkyl halides is 4. The number of nitrogens with one attached hydrogen (secondary N) is 1. The Morgan fingerprint density at radius 2 is 0.786 bits per heavy atom. The summed E-state index contributed by atoms with van der Waals surface area (Å²) < 4.78 is 75.0. The molecule has 0 spiro atoms. The lowest BCUT2D eigenvalue weighted by Gasteiger charge is -2.37. The van der Waals surface area contributed by atoms with Gasteiger partial charge in [0.1, 0.15) is 80.5 Å². The zero-order valence-corrected chi connectivity index (χ0v) is 79.4. The summed E-state index contributed by atoms with van der Waals surface area (Å²) in [7, 11) is 0. The van der Waals surface area contributed by atoms with E-state index in [-0.39, 0.29) is 65.0 Å². The van der Waals surface area contributed by atoms with E-state index in [1.54, 1.807) is 203 Å². The number of phenols is 1. The van der Waals surface area contributed by atoms with Crippen LogP contribution in [0.3, 0.4) is 0 Å². The number of carbonyl (C=O) groups is 7. The average Bonchev–Trinajstić information content (AvgIpc) is 1.51. The number of pyridine rings is 7. The molecule has 2 N–H and O–H groups in total. The van der Waals surface area contributed by atoms with Crippen LogP contribution in [0.25, 0.3) is 98.4 Å². The van der Waals surface area contributed by atoms with Crippen LogP contribution in [-0.4, -0.2) is 237 Å². The predicted molar refractivity (Wildman–Crippen MR) is 530 cm³/mol. The van der Waals surface area contributed by atoms with Gasteiger partial charge in [-0.1, -0.05) is 47.6 Å². The zero-order chi connectivity index (χ0) is 102. The first-order chi connectivity index (χ1) is 69.8. The van der Waals surface area contributed by atoms with Crippen LogP contribution in [0.4, 0.5) is 40.5 Å². The second-order valence-corrected chi connectivity index (χ2v) is 37.3. The molecule has 145 heavy (non-hydrogen) atoms. The quantitative estimate of drug-likeness (QED) is 0.0547. The first-order valence-electron chi connectivity index (χ1n) is 46.8. The summed E-state index contributed by atoms with van der Waals surface area (Å²) in [5.74, 6) is 0.0948. The van der Waals surface area contributed by atoms with Crippen molar-refractivity contribution in [3.05, 3.63) is 318 Å². The molecule has 0 radical (unpaired) electrons. The van der Waals surface area contributed by atoms with Gasteiger partial charge in [-0.3, -0.25) is 67.1 Å². The lowest BCUT2D eigenvalue weighted by Crippen LogP contribution is -2.48. The Bertz CT molecular complexity index is 7860. The normalized spacial score (nSPS) is 15.6. The molecule has 39 heteroatoms. The molecule has 0 aliphatic carbocycles. The number of hydrogen-bond donors (Lipinski definition) is 2. The van der Waals surface area contributed by atoms with Crippen LogP contribution in [0.15, 0.2) is 248 Å². The van der Waals surface area contributed by atoms with Crippen LogP contribution >= 0.6 is 0 Å². The molecule has 19 heterocycles. The number of aromatic hydroxyl groups is 1. The van der Waals surface area contributed by atoms with Crippen molar-refractivity contribution in [2.75, 3.05) is 70.8 Å². The Kier molecular flexibility index (Phi) is 27.6. The van der Waals surface area contributed by atoms with Gasteiger partial charge < -0.3 is 43.2 Å². The lowest BCUT2D eigenvalue weighted by atomic mass is 9.95. The van der Waals surface area contributed by atoms with E-state index < -0.39 is 22.7 Å². The summed E-state index contributed by atoms with van der Waals surface area (Å²) in [5.41, 5.74) is 7.96. The molecule has 6 amide bonds. The van der Waals surface area contributed by atoms with Crippen molar-refractivity contribution in [3.8, 4) is 34.2 Å². The molecular weight excluding hydrogens is 1860 g/mol. The predicted octanol–water partition coefficient (Wildman–Crippen LogP) is 18.7. The summed E-state index contributed by atoms with van der Waals surface area (Å²) in [4.78, 5) is 146. The number of anilines is 1. The molecule has 5 saturated heterocycles. The molecule has 3 aromatic carbocycles. The number of rotatable bonds is 15. The molecule has 5 aliphatic heterocycles. The van der Waals surface area contributed by atoms with E-state index in [4.69, 9.17) is 28.8 Å². The van der Waals surface area contributed by atoms with E-state index in [0.29, 0.717) is 216 Å². The summed E-state index contributed by atoms with van der Waals surface area (Å²) in [6, 6.07) is 41.9. The van der Waals surface area contributed by atoms with E-state index in [2.05, 4.69) is 81.9 Å². The highest BCUT2D eigenvalue weighted by Gasteiger charge is 2.38. The second-order valence-electron chi connectivity index (χ2n) is 37.3. The number of ketones is 1. The molecule has 5 aliphatic rings. The van der Waals surface area contributed by atoms with Crippen molar-refractivity contribution in [1.82, 2.24) is 103 Å². The van der Waals surface area contributed by atoms with Crippen LogP contribution in [0.5, 0.6) is 5.75 Å². The summed E-state index contributed by atoms with van der Waals surface area (Å²) >= 11 is 0. The Morgan fingerprint density at radius 1 is 0.393 bits per heavy atom. The van der Waals surface area contributed by atoms with Gasteiger partial charge in [0.05, 0.1) is 95.7 Å². The van der Waals surface area contributed by atoms with Gasteiger partial charge in [0.25, 0.3) is 35.4 Å². The molecule has 5 fully saturated rings. The number of hydrogen-bond acceptors (Lipinski definition) is 21. The first kappa shape index (κ1) is 97.4. The average molecular weight is 1960 g/mol. The van der Waals surface area contributed by atoms with Gasteiger partial charge in [-0.2, -0.15) is 0 Å². The minimum Gasteiger partial charge on any atom is -0.519 e. The van der Waals surface area contributed by atoms with Crippen LogP contribution in [0.2, 0.25) is 0 Å². The summed E-state index contributed by atoms with van der Waals surface area (Å²) in [5, 5.41) is 22.1. The number of piperidine rings is 4. The highest BCUT2D eigenvalue weighted by molar-refractivity contribution is 6.04. The van der Waals surface area contributed by atoms with Crippen LogP contribution in [0, 0.1) is 25.6 Å². The van der Waals surface area contributed by atoms with Gasteiger partial charge in [0.2, 0.25) is 11.6 Å². The number of likely N-dealkylation sites (tertiary alicyclic amines) is 5. The highest BCUT2D eigenvalue weighted by Crippen LogP contribution is 2.36. The maximum absolute atomic E-state index is 14.1. The number of halogens is 4. The highest BCUT2D eigenvalue weighted by atomic mass is 19.2. The van der Waals surface area contributed by atoms with Crippen molar-refractivity contribution in [2.24, 2.45) is 5.92 Å². The molecule has 17 aromatic rings. The van der Waals surface area contributed by atoms with E-state index in [0.717, 1.165) is 46.3 Å². The fraction of sp³-hybridized carbons (Fsp3) is 0.274. The molecule has 0 unspecified atom stereocenters. The fourth-order valence-corrected chi connectivity index (χ4v) is 17.5. The van der Waals surface area contributed by atoms with Crippen LogP contribution < -0.4 is 5.32 Å². The Hall–Kier alpha value is -17.8. The largest absolute Gasteiger partial charge is 0.519 e. The number of nitrogens with zero attached hydrogens (tertiary/aromatic N) is 24. The minimum atomic E-state index is -1.22. The molecular formula is C106H95F4N25O10. The molecule has 35 nitrogen and oxygen atoms in total. The van der Waals surface area contributed by atoms with E-state index >= 15 is 0 Å². The number of Topliss-reactive ketones (excluding diaryl/α,β-unsaturated/α-hetero) is 1. The van der Waals surface area contributed by atoms with Crippen molar-refractivity contribution in [2.45, 2.75) is 115 Å². The first-order valence-corrected chi connectivity index (χ1v) is 46.8. The maximum Gasteiger partial charge on any atom is 0.259 e. The maximum atomic E-state index is 14.1. The summed E-state index contributed by atoms with van der Waals surface area (Å²) in [6.07, 6.45) is 27.0. The molecule has 732 valence electrons. The van der Waals surface area contributed by atoms with Crippen molar-refractivity contribution in [1.29, 1.82) is 0 Å². The van der Waals surface area contributed by atoms with Crippen molar-refractivity contribution >= 4 is 120 Å². The molecule has 0 bridgehead atoms. The number of fused-ring (bicyclic) bond motifs is 5. The molecule has 0 atom stereocenters. The third-order valence-electron chi connectivity index (χ3n) is 26.3. The standard InChI is InChI=1S/C24H22FN5O3.C23H21FN6O3.C21H19FN4O2.C20H18FN5O.C18H15N5O/c1-24(25)6-10-29(11-7-24)23(32)17-12-16-5-9-30(22(16)27-14-17)18-2-3-20(26-15-18)21(31)13-19-4-8-28-33-19;1-23(24)4-8-29(9-5-23)22(32)17-10-15-3-7-30(20(15)26-13-17)18-11-16(12-25-14-18)21(31)28-19-2-6-27-33-19;1-21(22)6-9-25(10-7-21)20(28)15-11-14-5-8-26(19(14)24-13-15)16-3-4-17(23-2)18(27)12-16;1-20(21)7-9-25(10-8-20)19(27)14-11-17-18(23-12-14)26(13-24-17)16-5-3-15(22-2)4-6-16;1-12-9-22(10-12)18(24)13-7-16-17(20-8-13)23(11-21-16)15-5-3-14(19-2)4-6-15/h2-5,8-9,12,14-15H,6-7,10-11,13H2,1H3;2-3,6-7,10-14H,4-5,8-9H2,1H3,(H,28,31);3-5,8,11-13,27H,6-7,9-10H2,1H3;3-6,11-13H,7-10H2,1H3;3-8,11-12H,9-10H2,1H3. The summed E-state index contributed by atoms with van der Waals surface area (Å²) in [6.45, 7) is 34.3. The number of phenolic OH excluding ortho intramolecular Hbond substituents is 1. The number of aromatic nitrogens is 16. The lowest BCUT2D eigenvalue weighted by molar-refractivity contribution is 0.0493. The number of benzene rings is 3. The topological polar surface area (TPSA) is 374 Å². The van der Waals surface area contributed by atoms with Crippen molar-refractivity contribution in [3.63, 3.8) is 0 Å². The number of amides is 6. The number of carbonyl (C=O) groups excluding carboxylic acids is 7. The third kappa shape index (κ3) is 22.0. The van der Waals surface area contributed by atoms with Crippen LogP contribution in [0.1, 0.15) is 164 Å². The van der Waals surface area contributed by atoms with Gasteiger partial charge in [0, 0.05) is 167 Å². The minimum absolute atomic E-state index is 0.0125. The van der Waals surface area contributed by atoms with Gasteiger partial charge >= 0.3 is 0 Å². The van der Waals surface area contributed by atoms with E-state index in [1.807, 2.05) is 67.3 Å². The fourth-order valence-electron chi connectivity index (χ4n) is 17.5. The monoisotopic (exact) mass is 1950 g/mol. The molecule has 22 rings (SSSR count). The van der Waals surface area contributed by atoms with Gasteiger partial charge in [0.15, 0.2) is 28.5 Å². The smallest absolute Gasteiger partial charge is 0.259 e. The Balaban J connectivity index is 0.000000120. The van der Waals surface area contributed by atoms with Crippen molar-refractivity contribution < 1.29 is 65.3 Å².